The van der Waals surface area contributed by atoms with Crippen LogP contribution in [0.5, 0.6) is 5.75 Å². The van der Waals surface area contributed by atoms with Gasteiger partial charge in [0.1, 0.15) is 17.4 Å². The number of hydrogen-bond donors (Lipinski definition) is 5. The zero-order chi connectivity index (χ0) is 38.1. The van der Waals surface area contributed by atoms with Crippen molar-refractivity contribution in [3.63, 3.8) is 0 Å². The van der Waals surface area contributed by atoms with Gasteiger partial charge in [0.05, 0.1) is 30.7 Å². The minimum Gasteiger partial charge on any atom is -0.506 e. The van der Waals surface area contributed by atoms with Crippen molar-refractivity contribution >= 4 is 77.3 Å². The number of aromatic hydroxyl groups is 1. The highest BCUT2D eigenvalue weighted by molar-refractivity contribution is 9.11. The van der Waals surface area contributed by atoms with Crippen molar-refractivity contribution < 1.29 is 24.9 Å². The van der Waals surface area contributed by atoms with Crippen LogP contribution in [0.2, 0.25) is 0 Å². The lowest BCUT2D eigenvalue weighted by Crippen LogP contribution is -2.43. The number of piperidine rings is 1. The summed E-state index contributed by atoms with van der Waals surface area (Å²) in [6, 6.07) is 23.6. The third kappa shape index (κ3) is 7.57. The van der Waals surface area contributed by atoms with Crippen molar-refractivity contribution in [3.05, 3.63) is 119 Å². The summed E-state index contributed by atoms with van der Waals surface area (Å²) < 4.78 is 8.77. The summed E-state index contributed by atoms with van der Waals surface area (Å²) in [6.45, 7) is 3.86. The predicted octanol–water partition coefficient (Wildman–Crippen LogP) is 6.17. The number of benzene rings is 3. The molecule has 0 saturated carbocycles. The van der Waals surface area contributed by atoms with E-state index >= 15 is 0 Å². The summed E-state index contributed by atoms with van der Waals surface area (Å²) in [5.74, 6) is -0.680. The summed E-state index contributed by atoms with van der Waals surface area (Å²) in [5, 5.41) is 50.0. The van der Waals surface area contributed by atoms with Gasteiger partial charge in [-0.25, -0.2) is 9.48 Å². The number of likely N-dealkylation sites (tertiary alicyclic amines) is 1. The fraction of sp³-hybridized carbons (Fsp3) is 0.300. The highest BCUT2D eigenvalue weighted by Crippen LogP contribution is 2.40. The van der Waals surface area contributed by atoms with E-state index in [4.69, 9.17) is 4.74 Å². The normalized spacial score (nSPS) is 15.8. The van der Waals surface area contributed by atoms with E-state index in [0.717, 1.165) is 57.2 Å². The maximum absolute atomic E-state index is 13.5. The van der Waals surface area contributed by atoms with Crippen molar-refractivity contribution in [1.29, 1.82) is 0 Å². The molecule has 15 heteroatoms. The first kappa shape index (κ1) is 37.4. The van der Waals surface area contributed by atoms with E-state index in [1.807, 2.05) is 40.4 Å². The number of carbonyl (C=O) groups is 1. The monoisotopic (exact) mass is 842 g/mol. The summed E-state index contributed by atoms with van der Waals surface area (Å²) in [5.41, 5.74) is 1.55. The number of H-pyrrole nitrogens is 1. The molecular weight excluding hydrogens is 805 g/mol. The predicted molar refractivity (Wildman–Crippen MR) is 217 cm³/mol. The van der Waals surface area contributed by atoms with Gasteiger partial charge in [-0.15, -0.1) is 27.8 Å². The number of nitrogens with zero attached hydrogens (tertiary/aromatic N) is 4. The fourth-order valence-electron chi connectivity index (χ4n) is 7.47. The molecule has 1 aliphatic rings. The number of aromatic nitrogens is 4. The van der Waals surface area contributed by atoms with E-state index < -0.39 is 17.7 Å². The molecule has 5 heterocycles. The molecule has 55 heavy (non-hydrogen) atoms. The van der Waals surface area contributed by atoms with E-state index in [1.54, 1.807) is 24.3 Å². The van der Waals surface area contributed by atoms with Crippen LogP contribution in [0.25, 0.3) is 32.7 Å². The molecule has 0 aliphatic carbocycles. The summed E-state index contributed by atoms with van der Waals surface area (Å²) >= 11 is 6.11. The van der Waals surface area contributed by atoms with Gasteiger partial charge in [0, 0.05) is 49.6 Å². The van der Waals surface area contributed by atoms with Gasteiger partial charge in [0.2, 0.25) is 11.2 Å². The maximum atomic E-state index is 13.5. The van der Waals surface area contributed by atoms with Crippen molar-refractivity contribution in [2.24, 2.45) is 0 Å². The van der Waals surface area contributed by atoms with Crippen LogP contribution in [-0.2, 0) is 28.2 Å². The average molecular weight is 844 g/mol. The molecule has 12 nitrogen and oxygen atoms in total. The van der Waals surface area contributed by atoms with Gasteiger partial charge in [0.15, 0.2) is 0 Å². The Labute approximate surface area is 332 Å². The van der Waals surface area contributed by atoms with Crippen LogP contribution in [0, 0.1) is 0 Å². The van der Waals surface area contributed by atoms with E-state index in [9.17, 15) is 24.9 Å². The Bertz CT molecular complexity index is 2530. The molecule has 1 saturated heterocycles. The van der Waals surface area contributed by atoms with Gasteiger partial charge >= 0.3 is 5.97 Å². The highest BCUT2D eigenvalue weighted by Gasteiger charge is 2.45. The van der Waals surface area contributed by atoms with E-state index in [1.165, 1.54) is 34.8 Å². The Kier molecular flexibility index (Phi) is 10.9. The number of aryl methyl sites for hydroxylation is 1. The molecule has 5 N–H and O–H groups in total. The number of halogens is 1. The van der Waals surface area contributed by atoms with Crippen molar-refractivity contribution in [2.75, 3.05) is 26.2 Å². The zero-order valence-corrected chi connectivity index (χ0v) is 32.9. The maximum Gasteiger partial charge on any atom is 0.349 e. The number of nitrogens with one attached hydrogen (secondary N) is 2. The Hall–Kier alpha value is -4.48. The molecule has 0 amide bonds. The van der Waals surface area contributed by atoms with Gasteiger partial charge in [-0.1, -0.05) is 41.6 Å². The topological polar surface area (TPSA) is 166 Å². The number of carbonyl (C=O) groups excluding carboxylic acids is 1. The highest BCUT2D eigenvalue weighted by atomic mass is 79.9. The first-order valence-corrected chi connectivity index (χ1v) is 20.6. The minimum atomic E-state index is -1.83. The van der Waals surface area contributed by atoms with Crippen LogP contribution in [0.15, 0.2) is 92.8 Å². The number of fused-ring (bicyclic) bond motifs is 4. The first-order valence-electron chi connectivity index (χ1n) is 18.1. The minimum absolute atomic E-state index is 0.0474. The molecule has 1 unspecified atom stereocenters. The molecule has 8 rings (SSSR count). The number of esters is 1. The Morgan fingerprint density at radius 1 is 1.02 bits per heavy atom. The second kappa shape index (κ2) is 15.9. The smallest absolute Gasteiger partial charge is 0.349 e. The molecule has 0 radical (unpaired) electrons. The van der Waals surface area contributed by atoms with Crippen LogP contribution in [-0.4, -0.2) is 78.4 Å². The Morgan fingerprint density at radius 3 is 2.60 bits per heavy atom. The fourth-order valence-corrected chi connectivity index (χ4v) is 9.83. The molecule has 7 aromatic rings. The lowest BCUT2D eigenvalue weighted by Gasteiger charge is -2.33. The molecule has 4 aromatic heterocycles. The Balaban J connectivity index is 0.872. The van der Waals surface area contributed by atoms with Crippen LogP contribution in [0.3, 0.4) is 0 Å². The zero-order valence-electron chi connectivity index (χ0n) is 29.7. The van der Waals surface area contributed by atoms with Gasteiger partial charge in [-0.2, -0.15) is 0 Å². The number of aliphatic hydroxyl groups excluding tert-OH is 1. The second-order valence-corrected chi connectivity index (χ2v) is 17.2. The molecule has 284 valence electrons. The summed E-state index contributed by atoms with van der Waals surface area (Å²) in [7, 11) is 0. The van der Waals surface area contributed by atoms with E-state index in [2.05, 4.69) is 53.6 Å². The standard InChI is InChI=1S/C40H39BrN6O6S2/c41-35-12-11-34(55-35)40(52,33-7-3-20-54-33)39(51)53-25-14-18-46(19-15-25)16-4-17-47-38-29-6-2-1-5-26(29)24(21-30(38)44-45-47)22-42-23-32(49)27-8-10-31(48)37-28(27)9-13-36(50)43-37/h1-3,5-13,20-21,25,32,42,48-49,52H,4,14-19,22-23H2,(H,43,50)/t32-,40?/m0/s1. The first-order chi connectivity index (χ1) is 26.7. The molecular formula is C40H39BrN6O6S2. The number of aliphatic hydroxyl groups is 2. The number of phenolic OH excluding ortho intramolecular Hbond substituents is 1. The summed E-state index contributed by atoms with van der Waals surface area (Å²) in [6.07, 6.45) is 1.11. The third-order valence-corrected chi connectivity index (χ3v) is 13.0. The van der Waals surface area contributed by atoms with Gasteiger partial charge < -0.3 is 35.3 Å². The lowest BCUT2D eigenvalue weighted by atomic mass is 9.99. The molecule has 0 spiro atoms. The van der Waals surface area contributed by atoms with Crippen LogP contribution >= 0.6 is 38.6 Å². The van der Waals surface area contributed by atoms with Crippen molar-refractivity contribution in [2.45, 2.75) is 50.2 Å². The molecule has 3 aromatic carbocycles. The average Bonchev–Trinajstić information content (AvgIpc) is 3.98. The molecule has 2 atom stereocenters. The number of hydrogen-bond acceptors (Lipinski definition) is 12. The number of rotatable bonds is 13. The lowest BCUT2D eigenvalue weighted by molar-refractivity contribution is -0.169. The largest absolute Gasteiger partial charge is 0.506 e. The van der Waals surface area contributed by atoms with Gasteiger partial charge in [0.25, 0.3) is 0 Å². The van der Waals surface area contributed by atoms with E-state index in [-0.39, 0.29) is 24.0 Å². The van der Waals surface area contributed by atoms with Crippen LogP contribution in [0.4, 0.5) is 0 Å². The molecule has 1 fully saturated rings. The van der Waals surface area contributed by atoms with Crippen molar-refractivity contribution in [1.82, 2.24) is 30.2 Å². The second-order valence-electron chi connectivity index (χ2n) is 13.8. The number of thiophene rings is 2. The third-order valence-electron chi connectivity index (χ3n) is 10.3. The van der Waals surface area contributed by atoms with Crippen LogP contribution < -0.4 is 10.9 Å². The van der Waals surface area contributed by atoms with Gasteiger partial charge in [-0.3, -0.25) is 4.79 Å². The Morgan fingerprint density at radius 2 is 1.84 bits per heavy atom. The SMILES string of the molecule is O=C(OC1CCN(CCCn2nnc3cc(CNC[C@H](O)c4ccc(O)c5[nH]c(=O)ccc45)c4ccccc4c32)CC1)C(O)(c1cccs1)c1ccc(Br)s1. The molecule has 1 aliphatic heterocycles. The molecule has 0 bridgehead atoms. The van der Waals surface area contributed by atoms with E-state index in [0.29, 0.717) is 52.2 Å². The van der Waals surface area contributed by atoms with Crippen molar-refractivity contribution in [3.8, 4) is 5.75 Å². The number of aromatic amines is 1. The van der Waals surface area contributed by atoms with Crippen LogP contribution in [0.1, 0.15) is 46.2 Å². The number of pyridine rings is 1. The van der Waals surface area contributed by atoms with Gasteiger partial charge in [-0.05, 0) is 100 Å². The number of phenols is 1. The summed E-state index contributed by atoms with van der Waals surface area (Å²) in [4.78, 5) is 31.4. The quantitative estimate of drug-likeness (QED) is 0.0848. The number of ether oxygens (including phenoxy) is 1.